The molecule has 0 radical (unpaired) electrons. The SMILES string of the molecule is O=C(O)C(O)c1cc(Br)cnc1F. The third kappa shape index (κ3) is 2.22. The lowest BCUT2D eigenvalue weighted by molar-refractivity contribution is -0.147. The van der Waals surface area contributed by atoms with Crippen molar-refractivity contribution in [1.29, 1.82) is 0 Å². The van der Waals surface area contributed by atoms with Crippen molar-refractivity contribution in [3.63, 3.8) is 0 Å². The predicted molar refractivity (Wildman–Crippen MR) is 44.5 cm³/mol. The van der Waals surface area contributed by atoms with E-state index >= 15 is 0 Å². The summed E-state index contributed by atoms with van der Waals surface area (Å²) in [4.78, 5) is 13.5. The highest BCUT2D eigenvalue weighted by atomic mass is 79.9. The van der Waals surface area contributed by atoms with Crippen LogP contribution in [0.1, 0.15) is 11.7 Å². The molecule has 0 amide bonds. The average molecular weight is 250 g/mol. The fourth-order valence-corrected chi connectivity index (χ4v) is 1.11. The molecule has 0 aliphatic heterocycles. The van der Waals surface area contributed by atoms with Gasteiger partial charge in [-0.25, -0.2) is 9.78 Å². The fraction of sp³-hybridized carbons (Fsp3) is 0.143. The van der Waals surface area contributed by atoms with Crippen LogP contribution in [0, 0.1) is 5.95 Å². The molecule has 4 nitrogen and oxygen atoms in total. The first-order chi connectivity index (χ1) is 6.02. The van der Waals surface area contributed by atoms with Gasteiger partial charge in [0.2, 0.25) is 5.95 Å². The molecule has 0 saturated carbocycles. The molecule has 70 valence electrons. The zero-order valence-electron chi connectivity index (χ0n) is 6.24. The Bertz CT molecular complexity index is 345. The van der Waals surface area contributed by atoms with E-state index in [-0.39, 0.29) is 5.56 Å². The summed E-state index contributed by atoms with van der Waals surface area (Å²) in [5, 5.41) is 17.4. The Morgan fingerprint density at radius 1 is 1.69 bits per heavy atom. The monoisotopic (exact) mass is 249 g/mol. The summed E-state index contributed by atoms with van der Waals surface area (Å²) >= 11 is 2.98. The van der Waals surface area contributed by atoms with E-state index in [2.05, 4.69) is 20.9 Å². The number of pyridine rings is 1. The van der Waals surface area contributed by atoms with Gasteiger partial charge < -0.3 is 10.2 Å². The Balaban J connectivity index is 3.12. The van der Waals surface area contributed by atoms with Crippen molar-refractivity contribution in [2.45, 2.75) is 6.10 Å². The van der Waals surface area contributed by atoms with Gasteiger partial charge in [-0.1, -0.05) is 0 Å². The molecule has 6 heteroatoms. The second-order valence-corrected chi connectivity index (χ2v) is 3.19. The smallest absolute Gasteiger partial charge is 0.337 e. The first-order valence-electron chi connectivity index (χ1n) is 3.24. The minimum Gasteiger partial charge on any atom is -0.479 e. The Labute approximate surface area is 81.2 Å². The molecule has 0 bridgehead atoms. The van der Waals surface area contributed by atoms with Crippen LogP contribution in [0.15, 0.2) is 16.7 Å². The molecule has 1 unspecified atom stereocenters. The molecule has 1 atom stereocenters. The van der Waals surface area contributed by atoms with Gasteiger partial charge in [0, 0.05) is 16.2 Å². The van der Waals surface area contributed by atoms with Crippen molar-refractivity contribution in [3.05, 3.63) is 28.2 Å². The van der Waals surface area contributed by atoms with Gasteiger partial charge >= 0.3 is 5.97 Å². The highest BCUT2D eigenvalue weighted by Gasteiger charge is 2.20. The van der Waals surface area contributed by atoms with Gasteiger partial charge in [0.25, 0.3) is 0 Å². The quantitative estimate of drug-likeness (QED) is 0.771. The second kappa shape index (κ2) is 3.80. The van der Waals surface area contributed by atoms with Crippen molar-refractivity contribution in [3.8, 4) is 0 Å². The summed E-state index contributed by atoms with van der Waals surface area (Å²) in [6, 6.07) is 1.17. The van der Waals surface area contributed by atoms with Crippen LogP contribution in [0.5, 0.6) is 0 Å². The lowest BCUT2D eigenvalue weighted by Gasteiger charge is -2.05. The molecule has 0 aliphatic carbocycles. The van der Waals surface area contributed by atoms with E-state index in [1.807, 2.05) is 0 Å². The molecule has 0 fully saturated rings. The van der Waals surface area contributed by atoms with Crippen molar-refractivity contribution in [1.82, 2.24) is 4.98 Å². The molecule has 0 spiro atoms. The van der Waals surface area contributed by atoms with Crippen LogP contribution in [0.2, 0.25) is 0 Å². The first-order valence-corrected chi connectivity index (χ1v) is 4.03. The van der Waals surface area contributed by atoms with Crippen LogP contribution >= 0.6 is 15.9 Å². The third-order valence-electron chi connectivity index (χ3n) is 1.36. The van der Waals surface area contributed by atoms with Gasteiger partial charge in [-0.15, -0.1) is 0 Å². The fourth-order valence-electron chi connectivity index (χ4n) is 0.763. The Morgan fingerprint density at radius 3 is 2.85 bits per heavy atom. The number of carboxylic acids is 1. The molecule has 1 heterocycles. The number of aliphatic hydroxyl groups is 1. The van der Waals surface area contributed by atoms with E-state index in [0.29, 0.717) is 4.47 Å². The number of carbonyl (C=O) groups is 1. The van der Waals surface area contributed by atoms with E-state index in [1.165, 1.54) is 12.3 Å². The summed E-state index contributed by atoms with van der Waals surface area (Å²) in [6.45, 7) is 0. The molecule has 1 aromatic heterocycles. The number of hydrogen-bond donors (Lipinski definition) is 2. The van der Waals surface area contributed by atoms with Crippen LogP contribution < -0.4 is 0 Å². The highest BCUT2D eigenvalue weighted by molar-refractivity contribution is 9.10. The van der Waals surface area contributed by atoms with Crippen LogP contribution in [0.3, 0.4) is 0 Å². The first kappa shape index (κ1) is 10.1. The summed E-state index contributed by atoms with van der Waals surface area (Å²) in [7, 11) is 0. The largest absolute Gasteiger partial charge is 0.479 e. The molecule has 13 heavy (non-hydrogen) atoms. The minimum atomic E-state index is -1.88. The number of carboxylic acid groups (broad SMARTS) is 1. The minimum absolute atomic E-state index is 0.359. The molecule has 1 aromatic rings. The lowest BCUT2D eigenvalue weighted by Crippen LogP contribution is -2.12. The maximum Gasteiger partial charge on any atom is 0.337 e. The van der Waals surface area contributed by atoms with E-state index < -0.39 is 18.0 Å². The van der Waals surface area contributed by atoms with Crippen molar-refractivity contribution in [2.24, 2.45) is 0 Å². The number of aromatic nitrogens is 1. The molecule has 2 N–H and O–H groups in total. The van der Waals surface area contributed by atoms with Crippen LogP contribution in [0.25, 0.3) is 0 Å². The summed E-state index contributed by atoms with van der Waals surface area (Å²) in [5.41, 5.74) is -0.359. The average Bonchev–Trinajstić information content (AvgIpc) is 2.08. The van der Waals surface area contributed by atoms with Gasteiger partial charge in [-0.05, 0) is 22.0 Å². The maximum atomic E-state index is 12.8. The number of rotatable bonds is 2. The zero-order chi connectivity index (χ0) is 10.0. The van der Waals surface area contributed by atoms with Gasteiger partial charge in [0.15, 0.2) is 6.10 Å². The van der Waals surface area contributed by atoms with Gasteiger partial charge in [0.1, 0.15) is 0 Å². The van der Waals surface area contributed by atoms with Crippen LogP contribution in [-0.2, 0) is 4.79 Å². The normalized spacial score (nSPS) is 12.5. The summed E-state index contributed by atoms with van der Waals surface area (Å²) < 4.78 is 13.2. The van der Waals surface area contributed by atoms with Crippen molar-refractivity contribution in [2.75, 3.05) is 0 Å². The number of nitrogens with zero attached hydrogens (tertiary/aromatic N) is 1. The van der Waals surface area contributed by atoms with Gasteiger partial charge in [0.05, 0.1) is 0 Å². The van der Waals surface area contributed by atoms with Gasteiger partial charge in [-0.3, -0.25) is 0 Å². The Morgan fingerprint density at radius 2 is 2.31 bits per heavy atom. The van der Waals surface area contributed by atoms with Crippen molar-refractivity contribution >= 4 is 21.9 Å². The lowest BCUT2D eigenvalue weighted by atomic mass is 10.1. The molecular formula is C7H5BrFNO3. The van der Waals surface area contributed by atoms with E-state index in [0.717, 1.165) is 0 Å². The van der Waals surface area contributed by atoms with E-state index in [9.17, 15) is 9.18 Å². The number of aliphatic hydroxyl groups excluding tert-OH is 1. The van der Waals surface area contributed by atoms with Crippen LogP contribution in [0.4, 0.5) is 4.39 Å². The summed E-state index contributed by atoms with van der Waals surface area (Å²) in [6.07, 6.45) is -0.710. The standard InChI is InChI=1S/C7H5BrFNO3/c8-3-1-4(5(11)7(12)13)6(9)10-2-3/h1-2,5,11H,(H,12,13). The van der Waals surface area contributed by atoms with E-state index in [1.54, 1.807) is 0 Å². The molecule has 0 aliphatic rings. The van der Waals surface area contributed by atoms with Crippen molar-refractivity contribution < 1.29 is 19.4 Å². The van der Waals surface area contributed by atoms with Gasteiger partial charge in [-0.2, -0.15) is 4.39 Å². The highest BCUT2D eigenvalue weighted by Crippen LogP contribution is 2.19. The molecular weight excluding hydrogens is 245 g/mol. The topological polar surface area (TPSA) is 70.4 Å². The number of hydrogen-bond acceptors (Lipinski definition) is 3. The predicted octanol–water partition coefficient (Wildman–Crippen LogP) is 1.10. The molecule has 0 saturated heterocycles. The third-order valence-corrected chi connectivity index (χ3v) is 1.79. The molecule has 1 rings (SSSR count). The Kier molecular flexibility index (Phi) is 2.94. The summed E-state index contributed by atoms with van der Waals surface area (Å²) in [5.74, 6) is -2.50. The number of halogens is 2. The maximum absolute atomic E-state index is 12.8. The van der Waals surface area contributed by atoms with E-state index in [4.69, 9.17) is 10.2 Å². The number of aliphatic carboxylic acids is 1. The second-order valence-electron chi connectivity index (χ2n) is 2.27. The molecule has 0 aromatic carbocycles. The Hall–Kier alpha value is -1.01. The zero-order valence-corrected chi connectivity index (χ0v) is 7.82. The van der Waals surface area contributed by atoms with Crippen LogP contribution in [-0.4, -0.2) is 21.2 Å².